The van der Waals surface area contributed by atoms with Gasteiger partial charge in [0.05, 0.1) is 6.20 Å². The van der Waals surface area contributed by atoms with Gasteiger partial charge in [0.15, 0.2) is 0 Å². The summed E-state index contributed by atoms with van der Waals surface area (Å²) in [5, 5.41) is 9.61. The first kappa shape index (κ1) is 17.7. The fourth-order valence-electron chi connectivity index (χ4n) is 2.72. The van der Waals surface area contributed by atoms with Crippen LogP contribution in [0, 0.1) is 5.92 Å². The maximum atomic E-state index is 12.4. The van der Waals surface area contributed by atoms with E-state index >= 15 is 0 Å². The van der Waals surface area contributed by atoms with E-state index in [1.165, 1.54) is 6.20 Å². The number of amides is 3. The molecule has 2 atom stereocenters. The molecule has 8 heteroatoms. The number of nitrogens with one attached hydrogen (secondary N) is 2. The minimum Gasteiger partial charge on any atom is -0.337 e. The molecule has 1 aromatic heterocycles. The van der Waals surface area contributed by atoms with Crippen molar-refractivity contribution >= 4 is 23.5 Å². The Labute approximate surface area is 141 Å². The van der Waals surface area contributed by atoms with Crippen LogP contribution >= 0.6 is 11.5 Å². The number of hydrogen-bond donors (Lipinski definition) is 2. The Morgan fingerprint density at radius 1 is 1.43 bits per heavy atom. The second kappa shape index (κ2) is 7.25. The third-order valence-electron chi connectivity index (χ3n) is 3.87. The largest absolute Gasteiger partial charge is 0.337 e. The molecule has 2 heterocycles. The molecule has 2 unspecified atom stereocenters. The Morgan fingerprint density at radius 3 is 2.78 bits per heavy atom. The van der Waals surface area contributed by atoms with E-state index in [9.17, 15) is 9.59 Å². The van der Waals surface area contributed by atoms with E-state index in [0.29, 0.717) is 11.4 Å². The molecule has 1 aliphatic rings. The van der Waals surface area contributed by atoms with Crippen LogP contribution < -0.4 is 10.6 Å². The second-order valence-corrected chi connectivity index (χ2v) is 7.86. The van der Waals surface area contributed by atoms with E-state index in [4.69, 9.17) is 0 Å². The van der Waals surface area contributed by atoms with Crippen molar-refractivity contribution in [1.82, 2.24) is 25.1 Å². The zero-order valence-electron chi connectivity index (χ0n) is 14.1. The van der Waals surface area contributed by atoms with Crippen molar-refractivity contribution in [2.75, 3.05) is 13.1 Å². The number of carbonyl (C=O) groups excluding carboxylic acids is 2. The average molecular weight is 339 g/mol. The number of likely N-dealkylation sites (tertiary alicyclic amines) is 1. The predicted octanol–water partition coefficient (Wildman–Crippen LogP) is 1.88. The van der Waals surface area contributed by atoms with Crippen molar-refractivity contribution in [2.45, 2.75) is 52.1 Å². The van der Waals surface area contributed by atoms with Crippen LogP contribution in [0.25, 0.3) is 0 Å². The van der Waals surface area contributed by atoms with Crippen molar-refractivity contribution in [2.24, 2.45) is 5.92 Å². The molecule has 0 bridgehead atoms. The van der Waals surface area contributed by atoms with Crippen LogP contribution in [0.5, 0.6) is 0 Å². The molecule has 0 saturated carbocycles. The summed E-state index contributed by atoms with van der Waals surface area (Å²) in [4.78, 5) is 26.8. The highest BCUT2D eigenvalue weighted by molar-refractivity contribution is 7.07. The lowest BCUT2D eigenvalue weighted by Crippen LogP contribution is -2.53. The molecule has 0 spiro atoms. The summed E-state index contributed by atoms with van der Waals surface area (Å²) in [6, 6.07) is -0.160. The molecule has 1 saturated heterocycles. The van der Waals surface area contributed by atoms with Gasteiger partial charge in [-0.3, -0.25) is 4.79 Å². The molecular weight excluding hydrogens is 314 g/mol. The van der Waals surface area contributed by atoms with Gasteiger partial charge in [-0.15, -0.1) is 5.10 Å². The predicted molar refractivity (Wildman–Crippen MR) is 89.4 cm³/mol. The van der Waals surface area contributed by atoms with Gasteiger partial charge in [0, 0.05) is 24.7 Å². The number of hydrogen-bond acceptors (Lipinski definition) is 5. The molecule has 128 valence electrons. The van der Waals surface area contributed by atoms with Crippen LogP contribution in [0.1, 0.15) is 50.2 Å². The number of nitrogens with zero attached hydrogens (tertiary/aromatic N) is 3. The normalized spacial score (nSPS) is 20.0. The van der Waals surface area contributed by atoms with Gasteiger partial charge in [0.2, 0.25) is 0 Å². The van der Waals surface area contributed by atoms with Crippen molar-refractivity contribution < 1.29 is 9.59 Å². The SMILES string of the molecule is CC(NC(=O)NC(C)(C)C)C1CCCN(C(=O)c2cnns2)C1. The Balaban J connectivity index is 1.90. The van der Waals surface area contributed by atoms with Crippen LogP contribution in [0.3, 0.4) is 0 Å². The van der Waals surface area contributed by atoms with Crippen LogP contribution in [0.15, 0.2) is 6.20 Å². The molecule has 2 N–H and O–H groups in total. The molecule has 0 radical (unpaired) electrons. The third kappa shape index (κ3) is 5.16. The van der Waals surface area contributed by atoms with Crippen molar-refractivity contribution in [1.29, 1.82) is 0 Å². The van der Waals surface area contributed by atoms with Crippen LogP contribution in [-0.2, 0) is 0 Å². The number of aromatic nitrogens is 2. The van der Waals surface area contributed by atoms with Gasteiger partial charge in [-0.25, -0.2) is 4.79 Å². The summed E-state index contributed by atoms with van der Waals surface area (Å²) in [5.74, 6) is 0.232. The first-order valence-corrected chi connectivity index (χ1v) is 8.69. The highest BCUT2D eigenvalue weighted by Crippen LogP contribution is 2.22. The molecule has 1 aliphatic heterocycles. The molecule has 0 aromatic carbocycles. The summed E-state index contributed by atoms with van der Waals surface area (Å²) in [7, 11) is 0. The average Bonchev–Trinajstić information content (AvgIpc) is 2.98. The zero-order valence-corrected chi connectivity index (χ0v) is 14.9. The summed E-state index contributed by atoms with van der Waals surface area (Å²) in [6.45, 7) is 9.22. The lowest BCUT2D eigenvalue weighted by molar-refractivity contribution is 0.0658. The number of urea groups is 1. The van der Waals surface area contributed by atoms with E-state index in [1.807, 2.05) is 32.6 Å². The topological polar surface area (TPSA) is 87.2 Å². The monoisotopic (exact) mass is 339 g/mol. The second-order valence-electron chi connectivity index (χ2n) is 7.07. The molecule has 2 rings (SSSR count). The Kier molecular flexibility index (Phi) is 5.56. The van der Waals surface area contributed by atoms with Gasteiger partial charge in [-0.1, -0.05) is 4.49 Å². The summed E-state index contributed by atoms with van der Waals surface area (Å²) in [5.41, 5.74) is -0.266. The molecule has 1 fully saturated rings. The van der Waals surface area contributed by atoms with E-state index < -0.39 is 0 Å². The molecule has 23 heavy (non-hydrogen) atoms. The fraction of sp³-hybridized carbons (Fsp3) is 0.733. The number of carbonyl (C=O) groups is 2. The van der Waals surface area contributed by atoms with Gasteiger partial charge in [-0.05, 0) is 58.0 Å². The minimum absolute atomic E-state index is 0.00698. The summed E-state index contributed by atoms with van der Waals surface area (Å²) < 4.78 is 3.74. The minimum atomic E-state index is -0.266. The van der Waals surface area contributed by atoms with Gasteiger partial charge < -0.3 is 15.5 Å². The van der Waals surface area contributed by atoms with Crippen LogP contribution in [0.4, 0.5) is 4.79 Å². The number of rotatable bonds is 3. The molecule has 7 nitrogen and oxygen atoms in total. The highest BCUT2D eigenvalue weighted by Gasteiger charge is 2.29. The van der Waals surface area contributed by atoms with Crippen LogP contribution in [0.2, 0.25) is 0 Å². The molecule has 3 amide bonds. The zero-order chi connectivity index (χ0) is 17.0. The standard InChI is InChI=1S/C15H25N5O2S/c1-10(17-14(22)18-15(2,3)4)11-6-5-7-20(9-11)13(21)12-8-16-19-23-12/h8,10-11H,5-7,9H2,1-4H3,(H2,17,18,22). The van der Waals surface area contributed by atoms with Crippen molar-refractivity contribution in [3.05, 3.63) is 11.1 Å². The Morgan fingerprint density at radius 2 is 2.17 bits per heavy atom. The smallest absolute Gasteiger partial charge is 0.315 e. The molecular formula is C15H25N5O2S. The third-order valence-corrected chi connectivity index (χ3v) is 4.52. The Hall–Kier alpha value is -1.70. The molecule has 1 aromatic rings. The van der Waals surface area contributed by atoms with E-state index in [2.05, 4.69) is 20.2 Å². The fourth-order valence-corrected chi connectivity index (χ4v) is 3.20. The summed E-state index contributed by atoms with van der Waals surface area (Å²) in [6.07, 6.45) is 3.45. The van der Waals surface area contributed by atoms with E-state index in [-0.39, 0.29) is 29.4 Å². The van der Waals surface area contributed by atoms with Gasteiger partial charge in [-0.2, -0.15) is 0 Å². The van der Waals surface area contributed by atoms with Gasteiger partial charge in [0.25, 0.3) is 5.91 Å². The number of piperidine rings is 1. The van der Waals surface area contributed by atoms with E-state index in [0.717, 1.165) is 30.9 Å². The van der Waals surface area contributed by atoms with Crippen molar-refractivity contribution in [3.63, 3.8) is 0 Å². The lowest BCUT2D eigenvalue weighted by Gasteiger charge is -2.36. The van der Waals surface area contributed by atoms with E-state index in [1.54, 1.807) is 0 Å². The quantitative estimate of drug-likeness (QED) is 0.880. The Bertz CT molecular complexity index is 541. The lowest BCUT2D eigenvalue weighted by atomic mass is 9.91. The van der Waals surface area contributed by atoms with Gasteiger partial charge >= 0.3 is 6.03 Å². The maximum Gasteiger partial charge on any atom is 0.315 e. The van der Waals surface area contributed by atoms with Crippen LogP contribution in [-0.4, -0.2) is 51.1 Å². The maximum absolute atomic E-state index is 12.4. The highest BCUT2D eigenvalue weighted by atomic mass is 32.1. The first-order chi connectivity index (χ1) is 10.8. The van der Waals surface area contributed by atoms with Crippen molar-refractivity contribution in [3.8, 4) is 0 Å². The van der Waals surface area contributed by atoms with Gasteiger partial charge in [0.1, 0.15) is 4.88 Å². The first-order valence-electron chi connectivity index (χ1n) is 7.91. The summed E-state index contributed by atoms with van der Waals surface area (Å²) >= 11 is 1.12. The molecule has 0 aliphatic carbocycles.